The molecule has 0 saturated heterocycles. The van der Waals surface area contributed by atoms with Gasteiger partial charge in [0.05, 0.1) is 0 Å². The van der Waals surface area contributed by atoms with E-state index in [9.17, 15) is 4.79 Å². The molecule has 1 N–H and O–H groups in total. The Morgan fingerprint density at radius 2 is 2.19 bits per heavy atom. The lowest BCUT2D eigenvalue weighted by Gasteiger charge is -2.11. The normalized spacial score (nSPS) is 16.0. The lowest BCUT2D eigenvalue weighted by molar-refractivity contribution is 0.0956. The van der Waals surface area contributed by atoms with Crippen LogP contribution in [0, 0.1) is 0 Å². The summed E-state index contributed by atoms with van der Waals surface area (Å²) in [5, 5.41) is 2.55. The Kier molecular flexibility index (Phi) is 4.02. The Bertz CT molecular complexity index is 663. The molecule has 1 aliphatic heterocycles. The zero-order valence-electron chi connectivity index (χ0n) is 12.0. The van der Waals surface area contributed by atoms with Gasteiger partial charge in [-0.15, -0.1) is 11.6 Å². The molecule has 0 fully saturated rings. The Hall–Kier alpha value is -1.74. The maximum atomic E-state index is 12.1. The fourth-order valence-electron chi connectivity index (χ4n) is 2.64. The van der Waals surface area contributed by atoms with E-state index in [1.54, 1.807) is 0 Å². The maximum absolute atomic E-state index is 12.1. The van der Waals surface area contributed by atoms with Crippen LogP contribution in [0.5, 0.6) is 0 Å². The molecule has 110 valence electrons. The van der Waals surface area contributed by atoms with Gasteiger partial charge in [-0.05, 0) is 42.2 Å². The molecule has 1 aromatic heterocycles. The first-order chi connectivity index (χ1) is 10.2. The Labute approximate surface area is 129 Å². The van der Waals surface area contributed by atoms with Gasteiger partial charge in [0.1, 0.15) is 16.9 Å². The average molecular weight is 304 g/mol. The van der Waals surface area contributed by atoms with Crippen LogP contribution in [0.3, 0.4) is 0 Å². The van der Waals surface area contributed by atoms with Crippen molar-refractivity contribution in [1.82, 2.24) is 5.32 Å². The first kappa shape index (κ1) is 14.2. The zero-order valence-corrected chi connectivity index (χ0v) is 12.7. The molecule has 0 bridgehead atoms. The number of fused-ring (bicyclic) bond motifs is 1. The van der Waals surface area contributed by atoms with Gasteiger partial charge in [-0.3, -0.25) is 4.79 Å². The van der Waals surface area contributed by atoms with Crippen LogP contribution in [0.4, 0.5) is 0 Å². The van der Waals surface area contributed by atoms with Gasteiger partial charge in [-0.2, -0.15) is 0 Å². The van der Waals surface area contributed by atoms with Crippen LogP contribution in [0.1, 0.15) is 51.7 Å². The van der Waals surface area contributed by atoms with Gasteiger partial charge >= 0.3 is 0 Å². The van der Waals surface area contributed by atoms with Crippen molar-refractivity contribution < 1.29 is 9.21 Å². The second-order valence-electron chi connectivity index (χ2n) is 5.30. The van der Waals surface area contributed by atoms with Gasteiger partial charge in [0.25, 0.3) is 5.91 Å². The molecule has 0 saturated carbocycles. The molecular weight excluding hydrogens is 286 g/mol. The molecule has 0 spiro atoms. The number of alkyl halides is 1. The summed E-state index contributed by atoms with van der Waals surface area (Å²) >= 11 is 6.51. The first-order valence-corrected chi connectivity index (χ1v) is 7.76. The molecule has 1 unspecified atom stereocenters. The molecule has 0 aliphatic carbocycles. The zero-order chi connectivity index (χ0) is 14.8. The Balaban J connectivity index is 1.93. The highest BCUT2D eigenvalue weighted by molar-refractivity contribution is 6.22. The smallest absolute Gasteiger partial charge is 0.251 e. The summed E-state index contributed by atoms with van der Waals surface area (Å²) in [5.41, 5.74) is 2.72. The Morgan fingerprint density at radius 1 is 1.33 bits per heavy atom. The number of carbonyl (C=O) groups is 1. The number of halogens is 1. The van der Waals surface area contributed by atoms with Crippen molar-refractivity contribution in [3.8, 4) is 0 Å². The largest absolute Gasteiger partial charge is 0.464 e. The molecule has 2 aromatic rings. The van der Waals surface area contributed by atoms with Gasteiger partial charge in [0.2, 0.25) is 0 Å². The standard InChI is InChI=1S/C17H18ClNO2/c1-2-13-7-8-15(21-13)16(18)12-6-5-11-4-3-9-19-17(20)14(11)10-12/h5-8,10,16H,2-4,9H2,1H3,(H,19,20). The van der Waals surface area contributed by atoms with Crippen molar-refractivity contribution in [1.29, 1.82) is 0 Å². The van der Waals surface area contributed by atoms with E-state index in [1.807, 2.05) is 37.3 Å². The van der Waals surface area contributed by atoms with E-state index in [4.69, 9.17) is 16.0 Å². The maximum Gasteiger partial charge on any atom is 0.251 e. The van der Waals surface area contributed by atoms with Gasteiger partial charge < -0.3 is 9.73 Å². The number of aryl methyl sites for hydroxylation is 2. The minimum absolute atomic E-state index is 0.0121. The molecule has 3 rings (SSSR count). The SMILES string of the molecule is CCc1ccc(C(Cl)c2ccc3c(c2)C(=O)NCCC3)o1. The number of rotatable bonds is 3. The second-order valence-corrected chi connectivity index (χ2v) is 5.73. The number of furan rings is 1. The number of amides is 1. The van der Waals surface area contributed by atoms with Crippen molar-refractivity contribution in [3.63, 3.8) is 0 Å². The number of nitrogens with one attached hydrogen (secondary N) is 1. The van der Waals surface area contributed by atoms with Gasteiger partial charge in [-0.1, -0.05) is 19.1 Å². The minimum atomic E-state index is -0.369. The van der Waals surface area contributed by atoms with E-state index < -0.39 is 0 Å². The number of carbonyl (C=O) groups excluding carboxylic acids is 1. The van der Waals surface area contributed by atoms with Crippen molar-refractivity contribution in [2.24, 2.45) is 0 Å². The van der Waals surface area contributed by atoms with Crippen LogP contribution in [-0.4, -0.2) is 12.5 Å². The van der Waals surface area contributed by atoms with E-state index in [0.717, 1.165) is 54.0 Å². The third kappa shape index (κ3) is 2.84. The van der Waals surface area contributed by atoms with Crippen molar-refractivity contribution in [3.05, 3.63) is 58.5 Å². The molecule has 21 heavy (non-hydrogen) atoms. The van der Waals surface area contributed by atoms with Crippen LogP contribution < -0.4 is 5.32 Å². The molecule has 1 aliphatic rings. The van der Waals surface area contributed by atoms with Crippen LogP contribution in [0.25, 0.3) is 0 Å². The molecule has 3 nitrogen and oxygen atoms in total. The van der Waals surface area contributed by atoms with Crippen molar-refractivity contribution in [2.45, 2.75) is 31.6 Å². The number of hydrogen-bond donors (Lipinski definition) is 1. The fraction of sp³-hybridized carbons (Fsp3) is 0.353. The first-order valence-electron chi connectivity index (χ1n) is 7.32. The molecule has 0 radical (unpaired) electrons. The monoisotopic (exact) mass is 303 g/mol. The lowest BCUT2D eigenvalue weighted by atomic mass is 9.99. The summed E-state index contributed by atoms with van der Waals surface area (Å²) in [7, 11) is 0. The summed E-state index contributed by atoms with van der Waals surface area (Å²) < 4.78 is 5.71. The highest BCUT2D eigenvalue weighted by Gasteiger charge is 2.20. The average Bonchev–Trinajstić information content (AvgIpc) is 2.92. The molecule has 1 amide bonds. The van der Waals surface area contributed by atoms with E-state index in [-0.39, 0.29) is 11.3 Å². The summed E-state index contributed by atoms with van der Waals surface area (Å²) in [4.78, 5) is 12.1. The van der Waals surface area contributed by atoms with Gasteiger partial charge in [0.15, 0.2) is 0 Å². The molecular formula is C17H18ClNO2. The summed E-state index contributed by atoms with van der Waals surface area (Å²) in [5.74, 6) is 1.63. The highest BCUT2D eigenvalue weighted by atomic mass is 35.5. The number of benzene rings is 1. The van der Waals surface area contributed by atoms with E-state index in [1.165, 1.54) is 0 Å². The van der Waals surface area contributed by atoms with Crippen molar-refractivity contribution in [2.75, 3.05) is 6.54 Å². The fourth-order valence-corrected chi connectivity index (χ4v) is 2.90. The summed E-state index contributed by atoms with van der Waals surface area (Å²) in [6.07, 6.45) is 2.73. The van der Waals surface area contributed by atoms with Gasteiger partial charge in [-0.25, -0.2) is 0 Å². The van der Waals surface area contributed by atoms with Gasteiger partial charge in [0, 0.05) is 18.5 Å². The molecule has 2 heterocycles. The quantitative estimate of drug-likeness (QED) is 0.875. The number of hydrogen-bond acceptors (Lipinski definition) is 2. The van der Waals surface area contributed by atoms with E-state index >= 15 is 0 Å². The highest BCUT2D eigenvalue weighted by Crippen LogP contribution is 2.32. The van der Waals surface area contributed by atoms with Crippen LogP contribution >= 0.6 is 11.6 Å². The predicted octanol–water partition coefficient (Wildman–Crippen LogP) is 3.85. The van der Waals surface area contributed by atoms with Crippen molar-refractivity contribution >= 4 is 17.5 Å². The topological polar surface area (TPSA) is 42.2 Å². The van der Waals surface area contributed by atoms with Crippen LogP contribution in [0.2, 0.25) is 0 Å². The lowest BCUT2D eigenvalue weighted by Crippen LogP contribution is -2.22. The van der Waals surface area contributed by atoms with Crippen LogP contribution in [-0.2, 0) is 12.8 Å². The van der Waals surface area contributed by atoms with E-state index in [0.29, 0.717) is 0 Å². The van der Waals surface area contributed by atoms with E-state index in [2.05, 4.69) is 5.32 Å². The molecule has 4 heteroatoms. The summed E-state index contributed by atoms with van der Waals surface area (Å²) in [6.45, 7) is 2.77. The second kappa shape index (κ2) is 5.94. The summed E-state index contributed by atoms with van der Waals surface area (Å²) in [6, 6.07) is 9.74. The minimum Gasteiger partial charge on any atom is -0.464 e. The van der Waals surface area contributed by atoms with Crippen LogP contribution in [0.15, 0.2) is 34.7 Å². The predicted molar refractivity (Wildman–Crippen MR) is 82.9 cm³/mol. The Morgan fingerprint density at radius 3 is 2.95 bits per heavy atom. The molecule has 1 atom stereocenters. The third-order valence-corrected chi connectivity index (χ3v) is 4.33. The third-order valence-electron chi connectivity index (χ3n) is 3.86. The molecule has 1 aromatic carbocycles.